The second-order valence-corrected chi connectivity index (χ2v) is 15.0. The Morgan fingerprint density at radius 3 is 2.54 bits per heavy atom. The number of esters is 1. The summed E-state index contributed by atoms with van der Waals surface area (Å²) in [6.45, 7) is 20.0. The van der Waals surface area contributed by atoms with E-state index in [0.29, 0.717) is 24.2 Å². The van der Waals surface area contributed by atoms with Crippen molar-refractivity contribution in [2.24, 2.45) is 17.8 Å². The molecule has 0 saturated heterocycles. The van der Waals surface area contributed by atoms with Crippen LogP contribution in [0.2, 0.25) is 18.1 Å². The molecule has 4 atom stereocenters. The van der Waals surface area contributed by atoms with Crippen LogP contribution in [0.4, 0.5) is 0 Å². The molecule has 1 saturated carbocycles. The highest BCUT2D eigenvalue weighted by Gasteiger charge is 2.42. The summed E-state index contributed by atoms with van der Waals surface area (Å²) in [6, 6.07) is 0. The summed E-state index contributed by atoms with van der Waals surface area (Å²) in [6.07, 6.45) is 9.89. The van der Waals surface area contributed by atoms with Crippen LogP contribution in [0.3, 0.4) is 0 Å². The van der Waals surface area contributed by atoms with Gasteiger partial charge in [0.1, 0.15) is 0 Å². The summed E-state index contributed by atoms with van der Waals surface area (Å²) in [5.41, 5.74) is 0. The highest BCUT2D eigenvalue weighted by Crippen LogP contribution is 2.44. The van der Waals surface area contributed by atoms with Crippen molar-refractivity contribution in [3.05, 3.63) is 24.8 Å². The standard InChI is InChI=1S/C23H40ClO3Si/c1-8-15-26-22(25)14-12-10-9-11-13-19-20(18(2)16-21(19)24)17-27-28(6,7)23(3,4)5/h1,8-9,11,18-21H,10,12-17H2,2-7H3/q+1/b11-9-/t18-,19-,20+,21-/m1/s1. The zero-order valence-corrected chi connectivity index (χ0v) is 20.4. The zero-order chi connectivity index (χ0) is 21.4. The number of carbonyl (C=O) groups is 1. The molecule has 1 aliphatic carbocycles. The number of rotatable bonds is 11. The lowest BCUT2D eigenvalue weighted by Crippen LogP contribution is -2.42. The predicted octanol–water partition coefficient (Wildman–Crippen LogP) is 6.54. The summed E-state index contributed by atoms with van der Waals surface area (Å²) in [5.74, 6) is 1.38. The van der Waals surface area contributed by atoms with E-state index >= 15 is 0 Å². The molecule has 0 radical (unpaired) electrons. The van der Waals surface area contributed by atoms with Crippen molar-refractivity contribution in [3.8, 4) is 0 Å². The number of hydrogen-bond donors (Lipinski definition) is 0. The molecule has 0 aliphatic heterocycles. The van der Waals surface area contributed by atoms with Crippen LogP contribution in [-0.2, 0) is 14.0 Å². The minimum Gasteiger partial charge on any atom is -0.457 e. The van der Waals surface area contributed by atoms with E-state index < -0.39 is 8.32 Å². The number of allylic oxidation sites excluding steroid dienone is 2. The molecule has 0 heterocycles. The number of ether oxygens (including phenoxy) is 1. The molecule has 1 fully saturated rings. The predicted molar refractivity (Wildman–Crippen MR) is 121 cm³/mol. The third-order valence-corrected chi connectivity index (χ3v) is 11.5. The largest absolute Gasteiger partial charge is 0.457 e. The van der Waals surface area contributed by atoms with Gasteiger partial charge in [-0.05, 0) is 61.6 Å². The highest BCUT2D eigenvalue weighted by atomic mass is 35.5. The van der Waals surface area contributed by atoms with Gasteiger partial charge < -0.3 is 9.16 Å². The molecule has 1 rings (SSSR count). The van der Waals surface area contributed by atoms with Crippen LogP contribution < -0.4 is 0 Å². The highest BCUT2D eigenvalue weighted by molar-refractivity contribution is 6.74. The Kier molecular flexibility index (Phi) is 10.4. The van der Waals surface area contributed by atoms with Gasteiger partial charge in [-0.15, -0.1) is 11.6 Å². The van der Waals surface area contributed by atoms with Crippen LogP contribution in [0.1, 0.15) is 59.8 Å². The number of unbranched alkanes of at least 4 members (excludes halogenated alkanes) is 1. The van der Waals surface area contributed by atoms with Gasteiger partial charge in [0.25, 0.3) is 0 Å². The maximum atomic E-state index is 11.4. The first-order valence-electron chi connectivity index (χ1n) is 10.6. The fourth-order valence-corrected chi connectivity index (χ4v) is 5.09. The van der Waals surface area contributed by atoms with Crippen molar-refractivity contribution in [3.63, 3.8) is 0 Å². The second kappa shape index (κ2) is 11.5. The van der Waals surface area contributed by atoms with Crippen molar-refractivity contribution in [2.45, 2.75) is 83.3 Å². The smallest absolute Gasteiger partial charge is 0.306 e. The van der Waals surface area contributed by atoms with Crippen LogP contribution in [0.25, 0.3) is 0 Å². The molecule has 0 amide bonds. The van der Waals surface area contributed by atoms with E-state index in [1.807, 2.05) is 0 Å². The lowest BCUT2D eigenvalue weighted by Gasteiger charge is -2.38. The molecular weight excluding hydrogens is 388 g/mol. The van der Waals surface area contributed by atoms with E-state index in [1.54, 1.807) is 0 Å². The molecule has 0 N–H and O–H groups in total. The molecule has 3 nitrogen and oxygen atoms in total. The molecule has 0 spiro atoms. The Balaban J connectivity index is 2.46. The molecule has 28 heavy (non-hydrogen) atoms. The maximum absolute atomic E-state index is 11.4. The fourth-order valence-electron chi connectivity index (χ4n) is 3.48. The average Bonchev–Trinajstić information content (AvgIpc) is 2.86. The first kappa shape index (κ1) is 25.4. The zero-order valence-electron chi connectivity index (χ0n) is 18.7. The quantitative estimate of drug-likeness (QED) is 0.0937. The Labute approximate surface area is 179 Å². The van der Waals surface area contributed by atoms with E-state index in [-0.39, 0.29) is 23.0 Å². The van der Waals surface area contributed by atoms with E-state index in [0.717, 1.165) is 32.3 Å². The SMILES string of the molecule is [CH+]=CCOC(=O)CCC/C=C\C[C@@H]1[C@@H](CO[Si](C)(C)C(C)(C)C)[C@H](C)C[C@H]1Cl. The van der Waals surface area contributed by atoms with Crippen molar-refractivity contribution in [1.82, 2.24) is 0 Å². The van der Waals surface area contributed by atoms with Crippen molar-refractivity contribution < 1.29 is 14.0 Å². The van der Waals surface area contributed by atoms with E-state index in [2.05, 4.69) is 52.9 Å². The summed E-state index contributed by atoms with van der Waals surface area (Å²) < 4.78 is 11.4. The van der Waals surface area contributed by atoms with Crippen molar-refractivity contribution in [1.29, 1.82) is 0 Å². The Bertz CT molecular complexity index is 524. The number of alkyl halides is 1. The third-order valence-electron chi connectivity index (χ3n) is 6.45. The van der Waals surface area contributed by atoms with Gasteiger partial charge in [0.05, 0.1) is 0 Å². The van der Waals surface area contributed by atoms with Gasteiger partial charge in [0, 0.05) is 18.4 Å². The van der Waals surface area contributed by atoms with Gasteiger partial charge in [0.2, 0.25) is 6.58 Å². The average molecular weight is 428 g/mol. The first-order chi connectivity index (χ1) is 13.0. The molecule has 0 aromatic carbocycles. The lowest BCUT2D eigenvalue weighted by atomic mass is 9.89. The summed E-state index contributed by atoms with van der Waals surface area (Å²) in [5, 5.41) is 0.448. The number of carbonyl (C=O) groups excluding carboxylic acids is 1. The third kappa shape index (κ3) is 7.98. The Hall–Kier alpha value is -0.673. The Morgan fingerprint density at radius 1 is 1.25 bits per heavy atom. The minimum atomic E-state index is -1.74. The van der Waals surface area contributed by atoms with Gasteiger partial charge in [-0.25, -0.2) is 0 Å². The van der Waals surface area contributed by atoms with E-state index in [9.17, 15) is 4.79 Å². The van der Waals surface area contributed by atoms with Gasteiger partial charge in [-0.1, -0.05) is 39.8 Å². The lowest BCUT2D eigenvalue weighted by molar-refractivity contribution is -0.142. The summed E-state index contributed by atoms with van der Waals surface area (Å²) in [7, 11) is -1.74. The molecule has 160 valence electrons. The van der Waals surface area contributed by atoms with Crippen LogP contribution in [0.5, 0.6) is 0 Å². The first-order valence-corrected chi connectivity index (χ1v) is 14.0. The van der Waals surface area contributed by atoms with Crippen LogP contribution >= 0.6 is 11.6 Å². The molecule has 0 bridgehead atoms. The van der Waals surface area contributed by atoms with Gasteiger partial charge in [-0.3, -0.25) is 4.79 Å². The van der Waals surface area contributed by atoms with Crippen molar-refractivity contribution in [2.75, 3.05) is 13.2 Å². The van der Waals surface area contributed by atoms with E-state index in [4.69, 9.17) is 27.3 Å². The van der Waals surface area contributed by atoms with Gasteiger partial charge in [0.15, 0.2) is 21.0 Å². The van der Waals surface area contributed by atoms with Crippen LogP contribution in [-0.4, -0.2) is 32.9 Å². The summed E-state index contributed by atoms with van der Waals surface area (Å²) in [4.78, 5) is 11.4. The normalized spacial score (nSPS) is 25.9. The molecule has 0 aromatic rings. The molecular formula is C23H40ClO3Si+. The number of hydrogen-bond acceptors (Lipinski definition) is 3. The Morgan fingerprint density at radius 2 is 1.93 bits per heavy atom. The number of halogens is 1. The van der Waals surface area contributed by atoms with Crippen LogP contribution in [0.15, 0.2) is 18.2 Å². The molecule has 0 aromatic heterocycles. The second-order valence-electron chi connectivity index (χ2n) is 9.65. The maximum Gasteiger partial charge on any atom is 0.306 e. The van der Waals surface area contributed by atoms with Crippen molar-refractivity contribution >= 4 is 25.9 Å². The summed E-state index contributed by atoms with van der Waals surface area (Å²) >= 11 is 6.69. The fraction of sp³-hybridized carbons (Fsp3) is 0.783. The molecule has 1 aliphatic rings. The molecule has 0 unspecified atom stereocenters. The minimum absolute atomic E-state index is 0.185. The van der Waals surface area contributed by atoms with Gasteiger partial charge in [-0.2, -0.15) is 0 Å². The van der Waals surface area contributed by atoms with Crippen LogP contribution in [0, 0.1) is 24.3 Å². The molecule has 5 heteroatoms. The van der Waals surface area contributed by atoms with E-state index in [1.165, 1.54) is 6.08 Å². The topological polar surface area (TPSA) is 35.5 Å². The van der Waals surface area contributed by atoms with Gasteiger partial charge >= 0.3 is 5.97 Å². The monoisotopic (exact) mass is 427 g/mol.